The van der Waals surface area contributed by atoms with E-state index in [1.807, 2.05) is 25.2 Å². The first-order valence-corrected chi connectivity index (χ1v) is 13.5. The molecule has 2 aromatic heterocycles. The van der Waals surface area contributed by atoms with Gasteiger partial charge in [-0.15, -0.1) is 0 Å². The average molecular weight is 511 g/mol. The van der Waals surface area contributed by atoms with Gasteiger partial charge in [-0.2, -0.15) is 18.7 Å². The Hall–Kier alpha value is -3.25. The summed E-state index contributed by atoms with van der Waals surface area (Å²) < 4.78 is 8.46. The molecule has 11 nitrogen and oxygen atoms in total. The van der Waals surface area contributed by atoms with Gasteiger partial charge >= 0.3 is 6.03 Å². The maximum atomic E-state index is 12.3. The zero-order chi connectivity index (χ0) is 24.7. The lowest BCUT2D eigenvalue weighted by molar-refractivity contribution is 0.249. The molecule has 0 radical (unpaired) electrons. The molecule has 4 heterocycles. The van der Waals surface area contributed by atoms with Crippen LogP contribution in [-0.2, 0) is 0 Å². The molecule has 2 amide bonds. The second-order valence-corrected chi connectivity index (χ2v) is 9.88. The third-order valence-electron chi connectivity index (χ3n) is 6.63. The van der Waals surface area contributed by atoms with Gasteiger partial charge in [-0.25, -0.2) is 4.79 Å². The third kappa shape index (κ3) is 6.11. The number of rotatable bonds is 10. The zero-order valence-electron chi connectivity index (χ0n) is 20.7. The molecule has 0 atom stereocenters. The predicted molar refractivity (Wildman–Crippen MR) is 145 cm³/mol. The maximum absolute atomic E-state index is 12.3. The summed E-state index contributed by atoms with van der Waals surface area (Å²) in [4.78, 5) is 28.8. The van der Waals surface area contributed by atoms with Crippen LogP contribution in [0.4, 0.5) is 28.1 Å². The van der Waals surface area contributed by atoms with Crippen LogP contribution in [0.25, 0.3) is 11.0 Å². The molecular weight excluding hydrogens is 476 g/mol. The molecule has 1 aromatic carbocycles. The topological polar surface area (TPSA) is 114 Å². The van der Waals surface area contributed by atoms with E-state index in [2.05, 4.69) is 45.5 Å². The molecule has 2 aliphatic rings. The Labute approximate surface area is 215 Å². The second-order valence-electron chi connectivity index (χ2n) is 9.35. The molecule has 5 rings (SSSR count). The molecule has 3 aromatic rings. The van der Waals surface area contributed by atoms with Crippen molar-refractivity contribution in [1.29, 1.82) is 0 Å². The lowest BCUT2D eigenvalue weighted by atomic mass is 10.2. The minimum absolute atomic E-state index is 0.244. The third-order valence-corrected chi connectivity index (χ3v) is 7.18. The van der Waals surface area contributed by atoms with E-state index in [0.29, 0.717) is 17.7 Å². The standard InChI is InChI=1S/C24H34N10OS/c1-32(16-10-26-24(35)27-18-7-6-8-19-22(18)31-36-30-19)15-9-25-20-17-21(33-11-2-3-12-33)29-23(28-20)34-13-4-5-14-34/h6-8,17H,2-5,9-16H2,1H3,(H,25,28,29)(H2,26,27,35). The Morgan fingerprint density at radius 3 is 2.56 bits per heavy atom. The van der Waals surface area contributed by atoms with E-state index >= 15 is 0 Å². The number of carbonyl (C=O) groups excluding carboxylic acids is 1. The van der Waals surface area contributed by atoms with Gasteiger partial charge in [-0.3, -0.25) is 0 Å². The van der Waals surface area contributed by atoms with Gasteiger partial charge in [0.05, 0.1) is 17.4 Å². The van der Waals surface area contributed by atoms with Gasteiger partial charge in [0.15, 0.2) is 0 Å². The first-order chi connectivity index (χ1) is 17.7. The van der Waals surface area contributed by atoms with Crippen molar-refractivity contribution in [2.24, 2.45) is 0 Å². The molecule has 36 heavy (non-hydrogen) atoms. The van der Waals surface area contributed by atoms with Gasteiger partial charge in [0.2, 0.25) is 5.95 Å². The largest absolute Gasteiger partial charge is 0.369 e. The van der Waals surface area contributed by atoms with Gasteiger partial charge in [-0.05, 0) is 44.9 Å². The average Bonchev–Trinajstić information content (AvgIpc) is 3.67. The van der Waals surface area contributed by atoms with Gasteiger partial charge in [0.1, 0.15) is 22.7 Å². The molecule has 0 spiro atoms. The molecule has 0 saturated carbocycles. The molecule has 12 heteroatoms. The van der Waals surface area contributed by atoms with Crippen molar-refractivity contribution in [3.05, 3.63) is 24.3 Å². The summed E-state index contributed by atoms with van der Waals surface area (Å²) >= 11 is 1.14. The first kappa shape index (κ1) is 24.4. The SMILES string of the molecule is CN(CCNC(=O)Nc1cccc2nsnc12)CCNc1cc(N2CCCC2)nc(N2CCCC2)n1. The smallest absolute Gasteiger partial charge is 0.319 e. The monoisotopic (exact) mass is 510 g/mol. The van der Waals surface area contributed by atoms with Crippen LogP contribution in [0.5, 0.6) is 0 Å². The number of anilines is 4. The highest BCUT2D eigenvalue weighted by molar-refractivity contribution is 7.00. The van der Waals surface area contributed by atoms with E-state index in [1.54, 1.807) is 0 Å². The van der Waals surface area contributed by atoms with Crippen LogP contribution in [0.2, 0.25) is 0 Å². The molecule has 2 fully saturated rings. The number of hydrogen-bond donors (Lipinski definition) is 3. The van der Waals surface area contributed by atoms with Gasteiger partial charge in [-0.1, -0.05) is 6.07 Å². The number of fused-ring (bicyclic) bond motifs is 1. The zero-order valence-corrected chi connectivity index (χ0v) is 21.6. The maximum Gasteiger partial charge on any atom is 0.319 e. The van der Waals surface area contributed by atoms with E-state index in [0.717, 1.165) is 80.6 Å². The highest BCUT2D eigenvalue weighted by atomic mass is 32.1. The van der Waals surface area contributed by atoms with Crippen LogP contribution < -0.4 is 25.8 Å². The van der Waals surface area contributed by atoms with Crippen LogP contribution in [0.3, 0.4) is 0 Å². The van der Waals surface area contributed by atoms with Crippen LogP contribution in [0, 0.1) is 0 Å². The van der Waals surface area contributed by atoms with E-state index in [1.165, 1.54) is 25.7 Å². The normalized spacial score (nSPS) is 15.7. The number of nitrogens with one attached hydrogen (secondary N) is 3. The number of likely N-dealkylation sites (N-methyl/N-ethyl adjacent to an activating group) is 1. The van der Waals surface area contributed by atoms with Crippen molar-refractivity contribution >= 4 is 52.1 Å². The summed E-state index contributed by atoms with van der Waals surface area (Å²) in [7, 11) is 2.05. The fourth-order valence-corrected chi connectivity index (χ4v) is 5.15. The van der Waals surface area contributed by atoms with Crippen LogP contribution >= 0.6 is 11.7 Å². The van der Waals surface area contributed by atoms with Crippen molar-refractivity contribution in [1.82, 2.24) is 28.9 Å². The highest BCUT2D eigenvalue weighted by Gasteiger charge is 2.20. The van der Waals surface area contributed by atoms with Crippen molar-refractivity contribution in [3.8, 4) is 0 Å². The number of urea groups is 1. The van der Waals surface area contributed by atoms with Gasteiger partial charge < -0.3 is 30.7 Å². The summed E-state index contributed by atoms with van der Waals surface area (Å²) in [6.07, 6.45) is 4.85. The molecule has 2 saturated heterocycles. The molecule has 2 aliphatic heterocycles. The summed E-state index contributed by atoms with van der Waals surface area (Å²) in [5.41, 5.74) is 2.17. The molecular formula is C24H34N10OS. The first-order valence-electron chi connectivity index (χ1n) is 12.7. The molecule has 3 N–H and O–H groups in total. The Bertz CT molecular complexity index is 1120. The Kier molecular flexibility index (Phi) is 7.91. The lowest BCUT2D eigenvalue weighted by Crippen LogP contribution is -2.37. The molecule has 192 valence electrons. The molecule has 0 bridgehead atoms. The number of nitrogens with zero attached hydrogens (tertiary/aromatic N) is 7. The number of aromatic nitrogens is 4. The predicted octanol–water partition coefficient (Wildman–Crippen LogP) is 2.85. The molecule has 0 unspecified atom stereocenters. The Morgan fingerprint density at radius 2 is 1.75 bits per heavy atom. The van der Waals surface area contributed by atoms with Crippen molar-refractivity contribution in [2.45, 2.75) is 25.7 Å². The van der Waals surface area contributed by atoms with E-state index in [9.17, 15) is 4.79 Å². The minimum atomic E-state index is -0.244. The quantitative estimate of drug-likeness (QED) is 0.379. The van der Waals surface area contributed by atoms with Crippen molar-refractivity contribution < 1.29 is 4.79 Å². The van der Waals surface area contributed by atoms with E-state index in [4.69, 9.17) is 9.97 Å². The summed E-state index contributed by atoms with van der Waals surface area (Å²) in [5.74, 6) is 2.75. The second kappa shape index (κ2) is 11.7. The van der Waals surface area contributed by atoms with Crippen LogP contribution in [0.15, 0.2) is 24.3 Å². The van der Waals surface area contributed by atoms with Gasteiger partial charge in [0, 0.05) is 58.4 Å². The van der Waals surface area contributed by atoms with E-state index < -0.39 is 0 Å². The summed E-state index contributed by atoms with van der Waals surface area (Å²) in [5, 5.41) is 9.28. The van der Waals surface area contributed by atoms with Crippen LogP contribution in [-0.4, -0.2) is 89.1 Å². The Balaban J connectivity index is 1.07. The number of amides is 2. The minimum Gasteiger partial charge on any atom is -0.369 e. The lowest BCUT2D eigenvalue weighted by Gasteiger charge is -2.22. The Morgan fingerprint density at radius 1 is 1.00 bits per heavy atom. The molecule has 0 aliphatic carbocycles. The fraction of sp³-hybridized carbons (Fsp3) is 0.542. The summed E-state index contributed by atoms with van der Waals surface area (Å²) in [6.45, 7) is 7.05. The number of hydrogen-bond acceptors (Lipinski definition) is 10. The van der Waals surface area contributed by atoms with Crippen molar-refractivity contribution in [2.75, 3.05) is 79.8 Å². The van der Waals surface area contributed by atoms with Gasteiger partial charge in [0.25, 0.3) is 0 Å². The van der Waals surface area contributed by atoms with Crippen molar-refractivity contribution in [3.63, 3.8) is 0 Å². The van der Waals surface area contributed by atoms with Crippen LogP contribution in [0.1, 0.15) is 25.7 Å². The highest BCUT2D eigenvalue weighted by Crippen LogP contribution is 2.25. The van der Waals surface area contributed by atoms with E-state index in [-0.39, 0.29) is 6.03 Å². The number of carbonyl (C=O) groups is 1. The number of benzene rings is 1. The fourth-order valence-electron chi connectivity index (χ4n) is 4.60. The summed E-state index contributed by atoms with van der Waals surface area (Å²) in [6, 6.07) is 7.41.